The number of carbonyl (C=O) groups is 2. The van der Waals surface area contributed by atoms with Crippen molar-refractivity contribution in [2.24, 2.45) is 11.8 Å². The lowest BCUT2D eigenvalue weighted by Gasteiger charge is -2.41. The summed E-state index contributed by atoms with van der Waals surface area (Å²) in [7, 11) is 0. The molecule has 1 fully saturated rings. The molecule has 5 aliphatic carbocycles. The van der Waals surface area contributed by atoms with Crippen molar-refractivity contribution < 1.29 is 9.59 Å². The molecule has 14 heteroatoms. The Kier molecular flexibility index (Phi) is 4.79. The Morgan fingerprint density at radius 3 is 1.10 bits per heavy atom. The molecule has 0 amide bonds. The standard InChI is InChI=1S/C16H2Cl12O2/c17-7-8(18)12(22)2-1(11(7,21)15(12,25)26)5(29)3-4(6(2)30)14(24)10(20)9(19)13(3,23)16(14,27)28/h1-2H. The van der Waals surface area contributed by atoms with Crippen LogP contribution in [0.25, 0.3) is 0 Å². The number of allylic oxidation sites excluding steroid dienone is 6. The van der Waals surface area contributed by atoms with Gasteiger partial charge in [-0.3, -0.25) is 9.59 Å². The fourth-order valence-electron chi connectivity index (χ4n) is 5.24. The zero-order chi connectivity index (χ0) is 22.8. The number of halogens is 12. The van der Waals surface area contributed by atoms with E-state index in [2.05, 4.69) is 0 Å². The number of hydrogen-bond donors (Lipinski definition) is 0. The van der Waals surface area contributed by atoms with Crippen LogP contribution in [0, 0.1) is 11.8 Å². The summed E-state index contributed by atoms with van der Waals surface area (Å²) in [5.74, 6) is -4.47. The molecule has 6 unspecified atom stereocenters. The van der Waals surface area contributed by atoms with E-state index in [4.69, 9.17) is 139 Å². The highest BCUT2D eigenvalue weighted by Gasteiger charge is 2.90. The number of ketones is 2. The second-order valence-electron chi connectivity index (χ2n) is 7.58. The van der Waals surface area contributed by atoms with Gasteiger partial charge in [0, 0.05) is 11.1 Å². The Bertz CT molecular complexity index is 1030. The minimum absolute atomic E-state index is 0.257. The maximum Gasteiger partial charge on any atom is 0.174 e. The molecule has 0 N–H and O–H groups in total. The molecule has 0 heterocycles. The van der Waals surface area contributed by atoms with Crippen LogP contribution in [0.5, 0.6) is 0 Å². The lowest BCUT2D eigenvalue weighted by atomic mass is 9.66. The van der Waals surface area contributed by atoms with Gasteiger partial charge in [-0.15, -0.1) is 46.4 Å². The first kappa shape index (κ1) is 23.8. The van der Waals surface area contributed by atoms with Gasteiger partial charge in [0.1, 0.15) is 19.5 Å². The lowest BCUT2D eigenvalue weighted by Crippen LogP contribution is -2.52. The summed E-state index contributed by atoms with van der Waals surface area (Å²) in [6, 6.07) is 0. The van der Waals surface area contributed by atoms with E-state index >= 15 is 0 Å². The first-order chi connectivity index (χ1) is 13.4. The summed E-state index contributed by atoms with van der Waals surface area (Å²) in [5, 5.41) is -1.10. The molecule has 0 spiro atoms. The molecule has 5 rings (SSSR count). The van der Waals surface area contributed by atoms with Gasteiger partial charge in [0.15, 0.2) is 20.2 Å². The molecule has 0 aromatic carbocycles. The van der Waals surface area contributed by atoms with Crippen molar-refractivity contribution in [1.82, 2.24) is 0 Å². The first-order valence-corrected chi connectivity index (χ1v) is 12.4. The third kappa shape index (κ3) is 1.82. The van der Waals surface area contributed by atoms with Crippen LogP contribution in [-0.2, 0) is 9.59 Å². The van der Waals surface area contributed by atoms with Gasteiger partial charge in [-0.1, -0.05) is 92.8 Å². The van der Waals surface area contributed by atoms with Gasteiger partial charge >= 0.3 is 0 Å². The molecule has 0 saturated heterocycles. The average Bonchev–Trinajstić information content (AvgIpc) is 2.99. The Morgan fingerprint density at radius 1 is 0.500 bits per heavy atom. The molecule has 4 bridgehead atoms. The van der Waals surface area contributed by atoms with Gasteiger partial charge in [-0.2, -0.15) is 0 Å². The second kappa shape index (κ2) is 6.05. The van der Waals surface area contributed by atoms with Crippen molar-refractivity contribution >= 4 is 151 Å². The zero-order valence-corrected chi connectivity index (χ0v) is 22.6. The van der Waals surface area contributed by atoms with E-state index < -0.39 is 51.6 Å². The number of carbonyl (C=O) groups excluding carboxylic acids is 2. The molecule has 162 valence electrons. The minimum Gasteiger partial charge on any atom is -0.294 e. The van der Waals surface area contributed by atoms with E-state index in [1.807, 2.05) is 0 Å². The third-order valence-corrected chi connectivity index (χ3v) is 14.9. The first-order valence-electron chi connectivity index (χ1n) is 7.91. The van der Waals surface area contributed by atoms with Crippen LogP contribution in [0.15, 0.2) is 31.3 Å². The van der Waals surface area contributed by atoms with Crippen LogP contribution >= 0.6 is 139 Å². The maximum atomic E-state index is 13.8. The second-order valence-corrected chi connectivity index (χ2v) is 14.1. The Hall–Kier alpha value is 2.04. The van der Waals surface area contributed by atoms with Gasteiger partial charge in [0.25, 0.3) is 0 Å². The third-order valence-electron chi connectivity index (χ3n) is 6.60. The Balaban J connectivity index is 1.86. The molecule has 1 saturated carbocycles. The molecule has 0 radical (unpaired) electrons. The van der Waals surface area contributed by atoms with Gasteiger partial charge < -0.3 is 0 Å². The van der Waals surface area contributed by atoms with Gasteiger partial charge in [-0.25, -0.2) is 0 Å². The van der Waals surface area contributed by atoms with Crippen molar-refractivity contribution in [1.29, 1.82) is 0 Å². The molecule has 0 aromatic rings. The summed E-state index contributed by atoms with van der Waals surface area (Å²) < 4.78 is -4.33. The van der Waals surface area contributed by atoms with Crippen LogP contribution in [0.4, 0.5) is 0 Å². The number of hydrogen-bond acceptors (Lipinski definition) is 2. The monoisotopic (exact) mass is 646 g/mol. The molecule has 6 atom stereocenters. The lowest BCUT2D eigenvalue weighted by molar-refractivity contribution is -0.130. The largest absolute Gasteiger partial charge is 0.294 e. The summed E-state index contributed by atoms with van der Waals surface area (Å²) in [5.41, 5.74) is -0.690. The van der Waals surface area contributed by atoms with Crippen LogP contribution in [0.3, 0.4) is 0 Å². The number of fused-ring (bicyclic) bond motifs is 9. The van der Waals surface area contributed by atoms with E-state index in [0.29, 0.717) is 0 Å². The summed E-state index contributed by atoms with van der Waals surface area (Å²) in [4.78, 5) is 19.3. The highest BCUT2D eigenvalue weighted by Crippen LogP contribution is 2.81. The molecule has 5 aliphatic rings. The van der Waals surface area contributed by atoms with E-state index in [-0.39, 0.29) is 31.3 Å². The normalized spacial score (nSPS) is 50.1. The zero-order valence-electron chi connectivity index (χ0n) is 13.5. The Labute approximate surface area is 229 Å². The fraction of sp³-hybridized carbons (Fsp3) is 0.500. The summed E-state index contributed by atoms with van der Waals surface area (Å²) in [6.45, 7) is 0. The van der Waals surface area contributed by atoms with Crippen molar-refractivity contribution in [3.05, 3.63) is 31.3 Å². The molecule has 2 nitrogen and oxygen atoms in total. The van der Waals surface area contributed by atoms with Crippen LogP contribution in [0.2, 0.25) is 0 Å². The fourth-order valence-corrected chi connectivity index (χ4v) is 10.9. The molecule has 30 heavy (non-hydrogen) atoms. The van der Waals surface area contributed by atoms with Crippen LogP contribution < -0.4 is 0 Å². The molecule has 0 aliphatic heterocycles. The van der Waals surface area contributed by atoms with Gasteiger partial charge in [-0.05, 0) is 0 Å². The van der Waals surface area contributed by atoms with Crippen LogP contribution in [-0.4, -0.2) is 39.7 Å². The minimum atomic E-state index is -2.19. The highest BCUT2D eigenvalue weighted by molar-refractivity contribution is 6.71. The summed E-state index contributed by atoms with van der Waals surface area (Å²) >= 11 is 78.1. The van der Waals surface area contributed by atoms with E-state index in [1.165, 1.54) is 0 Å². The molecule has 0 aromatic heterocycles. The maximum absolute atomic E-state index is 13.8. The Morgan fingerprint density at radius 2 is 0.800 bits per heavy atom. The van der Waals surface area contributed by atoms with Gasteiger partial charge in [0.05, 0.1) is 32.0 Å². The van der Waals surface area contributed by atoms with E-state index in [0.717, 1.165) is 0 Å². The van der Waals surface area contributed by atoms with Crippen molar-refractivity contribution in [3.63, 3.8) is 0 Å². The number of Topliss-reactive ketones (excluding diaryl/α,β-unsaturated/α-hetero) is 2. The summed E-state index contributed by atoms with van der Waals surface area (Å²) in [6.07, 6.45) is 0. The predicted molar refractivity (Wildman–Crippen MR) is 125 cm³/mol. The smallest absolute Gasteiger partial charge is 0.174 e. The molecular formula is C16H2Cl12O2. The van der Waals surface area contributed by atoms with Crippen molar-refractivity contribution in [2.45, 2.75) is 28.2 Å². The van der Waals surface area contributed by atoms with Crippen molar-refractivity contribution in [2.75, 3.05) is 0 Å². The molecular weight excluding hydrogens is 650 g/mol. The quantitative estimate of drug-likeness (QED) is 0.257. The number of rotatable bonds is 0. The van der Waals surface area contributed by atoms with E-state index in [1.54, 1.807) is 0 Å². The van der Waals surface area contributed by atoms with Gasteiger partial charge in [0.2, 0.25) is 0 Å². The van der Waals surface area contributed by atoms with Crippen LogP contribution in [0.1, 0.15) is 0 Å². The SMILES string of the molecule is O=C1C2=C(C(=O)C3C1C1(Cl)C(Cl)=C(Cl)C3(Cl)C1(Cl)Cl)C1(Cl)C(Cl)=C(Cl)C2(Cl)C1(Cl)Cl. The average molecular weight is 652 g/mol. The van der Waals surface area contributed by atoms with E-state index in [9.17, 15) is 9.59 Å². The number of alkyl halides is 8. The highest BCUT2D eigenvalue weighted by atomic mass is 35.5. The predicted octanol–water partition coefficient (Wildman–Crippen LogP) is 7.36. The topological polar surface area (TPSA) is 34.1 Å². The van der Waals surface area contributed by atoms with Crippen molar-refractivity contribution in [3.8, 4) is 0 Å².